The number of hydrogen-bond donors (Lipinski definition) is 0. The molecule has 0 saturated heterocycles. The molecule has 2 aromatic heterocycles. The number of halogens is 2. The molecule has 6 nitrogen and oxygen atoms in total. The topological polar surface area (TPSA) is 76.3 Å². The summed E-state index contributed by atoms with van der Waals surface area (Å²) in [5.74, 6) is -1.80. The van der Waals surface area contributed by atoms with E-state index in [1.807, 2.05) is 24.3 Å². The van der Waals surface area contributed by atoms with Crippen LogP contribution in [0, 0.1) is 11.6 Å². The van der Waals surface area contributed by atoms with E-state index in [2.05, 4.69) is 17.1 Å². The van der Waals surface area contributed by atoms with Crippen molar-refractivity contribution in [3.05, 3.63) is 71.1 Å². The van der Waals surface area contributed by atoms with Gasteiger partial charge in [0.25, 0.3) is 15.9 Å². The van der Waals surface area contributed by atoms with Crippen molar-refractivity contribution in [1.29, 1.82) is 0 Å². The van der Waals surface area contributed by atoms with Crippen molar-refractivity contribution in [1.82, 2.24) is 10.1 Å². The van der Waals surface area contributed by atoms with Crippen LogP contribution in [0.25, 0.3) is 22.2 Å². The summed E-state index contributed by atoms with van der Waals surface area (Å²) < 4.78 is 59.4. The third kappa shape index (κ3) is 3.96. The zero-order valence-electron chi connectivity index (χ0n) is 16.5. The summed E-state index contributed by atoms with van der Waals surface area (Å²) in [5.41, 5.74) is 1.89. The first kappa shape index (κ1) is 21.1. The van der Waals surface area contributed by atoms with Crippen LogP contribution in [0.4, 0.5) is 14.5 Å². The SMILES string of the molecule is CCc1ccc(-c2noc(-c3sccc3S(=O)(=O)N(C)c3ccc(F)c(F)c3)n2)cc1. The average molecular weight is 462 g/mol. The Morgan fingerprint density at radius 2 is 1.81 bits per heavy atom. The number of nitrogens with zero attached hydrogens (tertiary/aromatic N) is 3. The van der Waals surface area contributed by atoms with Crippen molar-refractivity contribution < 1.29 is 21.7 Å². The highest BCUT2D eigenvalue weighted by molar-refractivity contribution is 7.93. The van der Waals surface area contributed by atoms with Gasteiger partial charge in [-0.3, -0.25) is 4.31 Å². The zero-order chi connectivity index (χ0) is 22.2. The van der Waals surface area contributed by atoms with Gasteiger partial charge in [0.2, 0.25) is 5.82 Å². The lowest BCUT2D eigenvalue weighted by atomic mass is 10.1. The number of thiophene rings is 1. The highest BCUT2D eigenvalue weighted by Crippen LogP contribution is 2.35. The molecule has 0 N–H and O–H groups in total. The molecule has 0 radical (unpaired) electrons. The molecule has 0 aliphatic rings. The Bertz CT molecular complexity index is 1330. The molecule has 0 atom stereocenters. The predicted molar refractivity (Wildman–Crippen MR) is 114 cm³/mol. The van der Waals surface area contributed by atoms with Gasteiger partial charge in [-0.2, -0.15) is 4.98 Å². The molecule has 4 aromatic rings. The molecule has 2 heterocycles. The smallest absolute Gasteiger partial charge is 0.269 e. The number of rotatable bonds is 6. The molecule has 0 aliphatic carbocycles. The van der Waals surface area contributed by atoms with Gasteiger partial charge >= 0.3 is 0 Å². The van der Waals surface area contributed by atoms with E-state index in [1.54, 1.807) is 5.38 Å². The highest BCUT2D eigenvalue weighted by Gasteiger charge is 2.29. The van der Waals surface area contributed by atoms with Crippen LogP contribution in [-0.4, -0.2) is 25.6 Å². The number of hydrogen-bond acceptors (Lipinski definition) is 6. The minimum Gasteiger partial charge on any atom is -0.333 e. The number of aromatic nitrogens is 2. The van der Waals surface area contributed by atoms with E-state index >= 15 is 0 Å². The molecule has 0 bridgehead atoms. The van der Waals surface area contributed by atoms with Crippen molar-refractivity contribution in [3.8, 4) is 22.2 Å². The minimum absolute atomic E-state index is 0.0155. The normalized spacial score (nSPS) is 11.6. The first-order valence-corrected chi connectivity index (χ1v) is 11.6. The lowest BCUT2D eigenvalue weighted by molar-refractivity contribution is 0.432. The second-order valence-electron chi connectivity index (χ2n) is 6.66. The van der Waals surface area contributed by atoms with Gasteiger partial charge in [0.15, 0.2) is 11.6 Å². The molecule has 10 heteroatoms. The largest absolute Gasteiger partial charge is 0.333 e. The maximum atomic E-state index is 13.6. The Hall–Kier alpha value is -3.11. The van der Waals surface area contributed by atoms with E-state index in [1.165, 1.54) is 24.7 Å². The monoisotopic (exact) mass is 461 g/mol. The fourth-order valence-electron chi connectivity index (χ4n) is 2.95. The van der Waals surface area contributed by atoms with Crippen molar-refractivity contribution >= 4 is 27.0 Å². The van der Waals surface area contributed by atoms with Gasteiger partial charge in [-0.1, -0.05) is 36.3 Å². The fourth-order valence-corrected chi connectivity index (χ4v) is 5.45. The predicted octanol–water partition coefficient (Wildman–Crippen LogP) is 5.13. The summed E-state index contributed by atoms with van der Waals surface area (Å²) in [6, 6.07) is 12.0. The standard InChI is InChI=1S/C21H17F2N3O3S2/c1-3-13-4-6-14(7-5-13)20-24-21(29-25-20)19-18(10-11-30-19)31(27,28)26(2)15-8-9-16(22)17(23)12-15/h4-12H,3H2,1-2H3. The number of benzene rings is 2. The van der Waals surface area contributed by atoms with Gasteiger partial charge in [0.05, 0.1) is 5.69 Å². The van der Waals surface area contributed by atoms with Gasteiger partial charge < -0.3 is 4.52 Å². The first-order valence-electron chi connectivity index (χ1n) is 9.26. The Kier molecular flexibility index (Phi) is 5.59. The lowest BCUT2D eigenvalue weighted by Gasteiger charge is -2.19. The van der Waals surface area contributed by atoms with Crippen LogP contribution in [0.3, 0.4) is 0 Å². The molecule has 4 rings (SSSR count). The second-order valence-corrected chi connectivity index (χ2v) is 9.51. The third-order valence-corrected chi connectivity index (χ3v) is 7.63. The van der Waals surface area contributed by atoms with Crippen molar-refractivity contribution in [2.45, 2.75) is 18.2 Å². The van der Waals surface area contributed by atoms with Crippen LogP contribution in [0.2, 0.25) is 0 Å². The van der Waals surface area contributed by atoms with Crippen LogP contribution in [0.1, 0.15) is 12.5 Å². The van der Waals surface area contributed by atoms with Crippen molar-refractivity contribution in [3.63, 3.8) is 0 Å². The fraction of sp³-hybridized carbons (Fsp3) is 0.143. The number of anilines is 1. The van der Waals surface area contributed by atoms with Crippen LogP contribution >= 0.6 is 11.3 Å². The molecule has 0 unspecified atom stereocenters. The summed E-state index contributed by atoms with van der Waals surface area (Å²) in [6.07, 6.45) is 0.902. The van der Waals surface area contributed by atoms with E-state index in [0.29, 0.717) is 5.82 Å². The Balaban J connectivity index is 1.68. The molecule has 0 saturated carbocycles. The van der Waals surface area contributed by atoms with E-state index < -0.39 is 21.7 Å². The zero-order valence-corrected chi connectivity index (χ0v) is 18.2. The van der Waals surface area contributed by atoms with Crippen molar-refractivity contribution in [2.75, 3.05) is 11.4 Å². The lowest BCUT2D eigenvalue weighted by Crippen LogP contribution is -2.26. The molecule has 31 heavy (non-hydrogen) atoms. The van der Waals surface area contributed by atoms with E-state index in [4.69, 9.17) is 4.52 Å². The minimum atomic E-state index is -4.09. The van der Waals surface area contributed by atoms with Crippen LogP contribution in [0.5, 0.6) is 0 Å². The van der Waals surface area contributed by atoms with E-state index in [9.17, 15) is 17.2 Å². The third-order valence-electron chi connectivity index (χ3n) is 4.77. The Morgan fingerprint density at radius 1 is 1.06 bits per heavy atom. The Labute approximate surface area is 181 Å². The summed E-state index contributed by atoms with van der Waals surface area (Å²) in [6.45, 7) is 2.05. The van der Waals surface area contributed by atoms with Crippen molar-refractivity contribution in [2.24, 2.45) is 0 Å². The first-order chi connectivity index (χ1) is 14.8. The highest BCUT2D eigenvalue weighted by atomic mass is 32.2. The molecular formula is C21H17F2N3O3S2. The summed E-state index contributed by atoms with van der Waals surface area (Å²) in [7, 11) is -2.83. The van der Waals surface area contributed by atoms with Crippen LogP contribution < -0.4 is 4.31 Å². The van der Waals surface area contributed by atoms with Gasteiger partial charge in [0.1, 0.15) is 9.77 Å². The maximum Gasteiger partial charge on any atom is 0.269 e. The number of aryl methyl sites for hydroxylation is 1. The molecule has 0 aliphatic heterocycles. The second kappa shape index (κ2) is 8.20. The molecule has 0 spiro atoms. The summed E-state index contributed by atoms with van der Waals surface area (Å²) in [4.78, 5) is 4.54. The molecule has 160 valence electrons. The molecule has 2 aromatic carbocycles. The summed E-state index contributed by atoms with van der Waals surface area (Å²) >= 11 is 1.13. The number of sulfonamides is 1. The quantitative estimate of drug-likeness (QED) is 0.398. The van der Waals surface area contributed by atoms with Crippen LogP contribution in [0.15, 0.2) is 63.3 Å². The van der Waals surface area contributed by atoms with E-state index in [-0.39, 0.29) is 21.4 Å². The maximum absolute atomic E-state index is 13.6. The Morgan fingerprint density at radius 3 is 2.48 bits per heavy atom. The van der Waals surface area contributed by atoms with E-state index in [0.717, 1.165) is 39.8 Å². The van der Waals surface area contributed by atoms with Gasteiger partial charge in [0, 0.05) is 18.7 Å². The molecule has 0 fully saturated rings. The average Bonchev–Trinajstić information content (AvgIpc) is 3.45. The van der Waals surface area contributed by atoms with Gasteiger partial charge in [-0.15, -0.1) is 11.3 Å². The van der Waals surface area contributed by atoms with Crippen LogP contribution in [-0.2, 0) is 16.4 Å². The summed E-state index contributed by atoms with van der Waals surface area (Å²) in [5, 5.41) is 5.55. The molecule has 0 amide bonds. The van der Waals surface area contributed by atoms with Gasteiger partial charge in [-0.25, -0.2) is 17.2 Å². The van der Waals surface area contributed by atoms with Gasteiger partial charge in [-0.05, 0) is 35.6 Å². The molecular weight excluding hydrogens is 444 g/mol.